The van der Waals surface area contributed by atoms with E-state index in [1.165, 1.54) is 12.8 Å². The van der Waals surface area contributed by atoms with Gasteiger partial charge in [-0.25, -0.2) is 19.3 Å². The third-order valence-corrected chi connectivity index (χ3v) is 5.22. The number of hydrogen-bond acceptors (Lipinski definition) is 5. The number of nitrogens with zero attached hydrogens (tertiary/aromatic N) is 6. The van der Waals surface area contributed by atoms with Crippen molar-refractivity contribution in [2.24, 2.45) is 7.05 Å². The SMILES string of the molecule is CN(C[C@@H]1C[C@H](F)CN1Cc1nccn1C)c1ccnc(C2CC2)n1. The largest absolute Gasteiger partial charge is 0.358 e. The van der Waals surface area contributed by atoms with Crippen molar-refractivity contribution in [2.75, 3.05) is 25.0 Å². The molecule has 0 unspecified atom stereocenters. The maximum Gasteiger partial charge on any atom is 0.133 e. The molecule has 4 rings (SSSR count). The fraction of sp³-hybridized carbons (Fsp3) is 0.611. The third-order valence-electron chi connectivity index (χ3n) is 5.22. The van der Waals surface area contributed by atoms with Gasteiger partial charge in [0, 0.05) is 57.7 Å². The molecule has 0 N–H and O–H groups in total. The van der Waals surface area contributed by atoms with Gasteiger partial charge in [-0.05, 0) is 25.3 Å². The van der Waals surface area contributed by atoms with Crippen LogP contribution in [0, 0.1) is 0 Å². The van der Waals surface area contributed by atoms with Crippen LogP contribution in [0.2, 0.25) is 0 Å². The predicted octanol–water partition coefficient (Wildman–Crippen LogP) is 2.14. The first-order valence-electron chi connectivity index (χ1n) is 8.98. The number of aryl methyl sites for hydroxylation is 1. The number of likely N-dealkylation sites (N-methyl/N-ethyl adjacent to an activating group) is 1. The van der Waals surface area contributed by atoms with Crippen molar-refractivity contribution in [1.29, 1.82) is 0 Å². The molecular formula is C18H25FN6. The van der Waals surface area contributed by atoms with Crippen molar-refractivity contribution in [3.8, 4) is 0 Å². The van der Waals surface area contributed by atoms with E-state index in [9.17, 15) is 4.39 Å². The Bertz CT molecular complexity index is 728. The second kappa shape index (κ2) is 6.71. The number of halogens is 1. The molecule has 25 heavy (non-hydrogen) atoms. The number of anilines is 1. The van der Waals surface area contributed by atoms with Gasteiger partial charge in [-0.1, -0.05) is 0 Å². The summed E-state index contributed by atoms with van der Waals surface area (Å²) in [6, 6.07) is 2.10. The number of aromatic nitrogens is 4. The van der Waals surface area contributed by atoms with Gasteiger partial charge in [0.05, 0.1) is 6.54 Å². The van der Waals surface area contributed by atoms with E-state index in [0.29, 0.717) is 25.4 Å². The van der Waals surface area contributed by atoms with Gasteiger partial charge in [0.15, 0.2) is 0 Å². The van der Waals surface area contributed by atoms with E-state index in [2.05, 4.69) is 19.8 Å². The summed E-state index contributed by atoms with van der Waals surface area (Å²) in [6.07, 6.45) is 7.73. The van der Waals surface area contributed by atoms with Crippen LogP contribution in [0.25, 0.3) is 0 Å². The van der Waals surface area contributed by atoms with Crippen molar-refractivity contribution in [3.05, 3.63) is 36.3 Å². The molecule has 2 fully saturated rings. The fourth-order valence-corrected chi connectivity index (χ4v) is 3.56. The molecule has 7 heteroatoms. The molecule has 1 aliphatic heterocycles. The van der Waals surface area contributed by atoms with Crippen LogP contribution in [-0.4, -0.2) is 56.8 Å². The molecule has 1 saturated carbocycles. The molecule has 0 aromatic carbocycles. The van der Waals surface area contributed by atoms with Gasteiger partial charge >= 0.3 is 0 Å². The zero-order chi connectivity index (χ0) is 17.4. The molecule has 0 radical (unpaired) electrons. The number of likely N-dealkylation sites (tertiary alicyclic amines) is 1. The van der Waals surface area contributed by atoms with Crippen LogP contribution in [-0.2, 0) is 13.6 Å². The highest BCUT2D eigenvalue weighted by Crippen LogP contribution is 2.38. The molecule has 0 bridgehead atoms. The number of hydrogen-bond donors (Lipinski definition) is 0. The molecular weight excluding hydrogens is 319 g/mol. The van der Waals surface area contributed by atoms with E-state index in [1.807, 2.05) is 37.1 Å². The molecule has 3 heterocycles. The normalized spacial score (nSPS) is 24.0. The van der Waals surface area contributed by atoms with Crippen LogP contribution >= 0.6 is 0 Å². The quantitative estimate of drug-likeness (QED) is 0.804. The van der Waals surface area contributed by atoms with Gasteiger partial charge in [-0.2, -0.15) is 0 Å². The molecule has 1 saturated heterocycles. The first-order valence-corrected chi connectivity index (χ1v) is 8.98. The summed E-state index contributed by atoms with van der Waals surface area (Å²) in [5, 5.41) is 0. The summed E-state index contributed by atoms with van der Waals surface area (Å²) in [6.45, 7) is 1.91. The Kier molecular flexibility index (Phi) is 4.41. The molecule has 0 spiro atoms. The zero-order valence-electron chi connectivity index (χ0n) is 14.8. The Morgan fingerprint density at radius 1 is 1.28 bits per heavy atom. The van der Waals surface area contributed by atoms with E-state index in [4.69, 9.17) is 4.98 Å². The Morgan fingerprint density at radius 3 is 2.84 bits per heavy atom. The molecule has 2 aromatic heterocycles. The Labute approximate surface area is 147 Å². The molecule has 2 aromatic rings. The number of rotatable bonds is 6. The molecule has 2 atom stereocenters. The van der Waals surface area contributed by atoms with Crippen LogP contribution in [0.5, 0.6) is 0 Å². The second-order valence-electron chi connectivity index (χ2n) is 7.30. The van der Waals surface area contributed by atoms with Crippen LogP contribution in [0.1, 0.15) is 36.8 Å². The lowest BCUT2D eigenvalue weighted by molar-refractivity contribution is 0.229. The van der Waals surface area contributed by atoms with Crippen molar-refractivity contribution >= 4 is 5.82 Å². The first-order chi connectivity index (χ1) is 12.1. The van der Waals surface area contributed by atoms with E-state index in [1.54, 1.807) is 6.20 Å². The van der Waals surface area contributed by atoms with Gasteiger partial charge in [0.2, 0.25) is 0 Å². The maximum absolute atomic E-state index is 14.1. The summed E-state index contributed by atoms with van der Waals surface area (Å²) < 4.78 is 16.1. The number of imidazole rings is 1. The lowest BCUT2D eigenvalue weighted by atomic mass is 10.2. The maximum atomic E-state index is 14.1. The summed E-state index contributed by atoms with van der Waals surface area (Å²) in [7, 11) is 4.01. The van der Waals surface area contributed by atoms with E-state index >= 15 is 0 Å². The van der Waals surface area contributed by atoms with Gasteiger partial charge in [0.1, 0.15) is 23.6 Å². The van der Waals surface area contributed by atoms with Crippen LogP contribution in [0.4, 0.5) is 10.2 Å². The Morgan fingerprint density at radius 2 is 2.12 bits per heavy atom. The van der Waals surface area contributed by atoms with Gasteiger partial charge < -0.3 is 9.47 Å². The van der Waals surface area contributed by atoms with Crippen LogP contribution in [0.15, 0.2) is 24.7 Å². The summed E-state index contributed by atoms with van der Waals surface area (Å²) in [4.78, 5) is 17.8. The fourth-order valence-electron chi connectivity index (χ4n) is 3.56. The standard InChI is InChI=1S/C18H25FN6/c1-23-8-7-20-17(23)12-25-10-14(19)9-15(25)11-24(2)16-5-6-21-18(22-16)13-3-4-13/h5-8,13-15H,3-4,9-12H2,1-2H3/t14-,15-/m0/s1. The lowest BCUT2D eigenvalue weighted by Gasteiger charge is -2.28. The van der Waals surface area contributed by atoms with Crippen LogP contribution < -0.4 is 4.90 Å². The lowest BCUT2D eigenvalue weighted by Crippen LogP contribution is -2.39. The monoisotopic (exact) mass is 344 g/mol. The highest BCUT2D eigenvalue weighted by atomic mass is 19.1. The van der Waals surface area contributed by atoms with Gasteiger partial charge in [-0.3, -0.25) is 4.90 Å². The Balaban J connectivity index is 1.44. The van der Waals surface area contributed by atoms with Gasteiger partial charge in [-0.15, -0.1) is 0 Å². The molecule has 2 aliphatic rings. The summed E-state index contributed by atoms with van der Waals surface area (Å²) >= 11 is 0. The molecule has 134 valence electrons. The number of alkyl halides is 1. The minimum absolute atomic E-state index is 0.163. The highest BCUT2D eigenvalue weighted by Gasteiger charge is 2.34. The Hall–Kier alpha value is -2.02. The zero-order valence-corrected chi connectivity index (χ0v) is 14.8. The minimum Gasteiger partial charge on any atom is -0.358 e. The smallest absolute Gasteiger partial charge is 0.133 e. The van der Waals surface area contributed by atoms with Crippen molar-refractivity contribution in [3.63, 3.8) is 0 Å². The molecule has 1 aliphatic carbocycles. The second-order valence-corrected chi connectivity index (χ2v) is 7.30. The van der Waals surface area contributed by atoms with E-state index in [-0.39, 0.29) is 6.04 Å². The van der Waals surface area contributed by atoms with Crippen molar-refractivity contribution in [2.45, 2.75) is 43.9 Å². The average molecular weight is 344 g/mol. The average Bonchev–Trinajstić information content (AvgIpc) is 3.30. The third kappa shape index (κ3) is 3.66. The highest BCUT2D eigenvalue weighted by molar-refractivity contribution is 5.37. The molecule has 6 nitrogen and oxygen atoms in total. The minimum atomic E-state index is -0.772. The van der Waals surface area contributed by atoms with Crippen molar-refractivity contribution in [1.82, 2.24) is 24.4 Å². The van der Waals surface area contributed by atoms with E-state index in [0.717, 1.165) is 24.0 Å². The van der Waals surface area contributed by atoms with Crippen molar-refractivity contribution < 1.29 is 4.39 Å². The van der Waals surface area contributed by atoms with Crippen LogP contribution in [0.3, 0.4) is 0 Å². The van der Waals surface area contributed by atoms with Gasteiger partial charge in [0.25, 0.3) is 0 Å². The summed E-state index contributed by atoms with van der Waals surface area (Å²) in [5.41, 5.74) is 0. The first kappa shape index (κ1) is 16.4. The predicted molar refractivity (Wildman–Crippen MR) is 94.2 cm³/mol. The topological polar surface area (TPSA) is 50.1 Å². The molecule has 0 amide bonds. The van der Waals surface area contributed by atoms with E-state index < -0.39 is 6.17 Å². The summed E-state index contributed by atoms with van der Waals surface area (Å²) in [5.74, 6) is 3.38.